The average Bonchev–Trinajstić information content (AvgIpc) is 2.94. The van der Waals surface area contributed by atoms with Gasteiger partial charge in [0.05, 0.1) is 5.75 Å². The number of carbonyl (C=O) groups is 1. The van der Waals surface area contributed by atoms with Gasteiger partial charge in [-0.05, 0) is 25.9 Å². The maximum atomic E-state index is 10.5. The highest BCUT2D eigenvalue weighted by Crippen LogP contribution is 2.18. The molecule has 0 saturated carbocycles. The van der Waals surface area contributed by atoms with Crippen molar-refractivity contribution in [3.63, 3.8) is 0 Å². The smallest absolute Gasteiger partial charge is 0.313 e. The fourth-order valence-corrected chi connectivity index (χ4v) is 2.68. The molecule has 100 valence electrons. The first-order chi connectivity index (χ1) is 8.66. The van der Waals surface area contributed by atoms with Crippen LogP contribution in [0.25, 0.3) is 0 Å². The molecule has 0 unspecified atom stereocenters. The van der Waals surface area contributed by atoms with E-state index in [-0.39, 0.29) is 5.75 Å². The topological polar surface area (TPSA) is 97.3 Å². The summed E-state index contributed by atoms with van der Waals surface area (Å²) in [6.45, 7) is 3.86. The third-order valence-corrected chi connectivity index (χ3v) is 3.86. The molecule has 0 atom stereocenters. The van der Waals surface area contributed by atoms with Crippen LogP contribution < -0.4 is 5.73 Å². The Morgan fingerprint density at radius 3 is 2.72 bits per heavy atom. The van der Waals surface area contributed by atoms with E-state index in [0.29, 0.717) is 17.6 Å². The Labute approximate surface area is 109 Å². The average molecular weight is 271 g/mol. The van der Waals surface area contributed by atoms with Crippen LogP contribution in [0.4, 0.5) is 5.95 Å². The molecule has 1 fully saturated rings. The number of thioether (sulfide) groups is 1. The molecular weight excluding hydrogens is 254 g/mol. The summed E-state index contributed by atoms with van der Waals surface area (Å²) >= 11 is 1.15. The zero-order valence-corrected chi connectivity index (χ0v) is 10.9. The van der Waals surface area contributed by atoms with Gasteiger partial charge in [0.15, 0.2) is 5.16 Å². The molecule has 1 aromatic rings. The minimum absolute atomic E-state index is 0.0259. The first-order valence-electron chi connectivity index (χ1n) is 5.92. The number of likely N-dealkylation sites (tertiary alicyclic amines) is 1. The van der Waals surface area contributed by atoms with Crippen molar-refractivity contribution < 1.29 is 9.90 Å². The van der Waals surface area contributed by atoms with E-state index in [1.165, 1.54) is 12.8 Å². The highest BCUT2D eigenvalue weighted by Gasteiger charge is 2.15. The van der Waals surface area contributed by atoms with Crippen LogP contribution in [-0.4, -0.2) is 56.1 Å². The summed E-state index contributed by atoms with van der Waals surface area (Å²) in [5.74, 6) is -0.545. The minimum Gasteiger partial charge on any atom is -0.481 e. The minimum atomic E-state index is -0.868. The predicted molar refractivity (Wildman–Crippen MR) is 68.5 cm³/mol. The number of hydrogen-bond acceptors (Lipinski definition) is 6. The van der Waals surface area contributed by atoms with Gasteiger partial charge in [0.2, 0.25) is 5.95 Å². The molecular formula is C10H17N5O2S. The number of nitrogen functional groups attached to an aromatic ring is 1. The number of aliphatic carboxylic acids is 1. The molecule has 18 heavy (non-hydrogen) atoms. The summed E-state index contributed by atoms with van der Waals surface area (Å²) in [6, 6.07) is 0. The molecule has 0 amide bonds. The van der Waals surface area contributed by atoms with Crippen LogP contribution in [0.5, 0.6) is 0 Å². The van der Waals surface area contributed by atoms with E-state index >= 15 is 0 Å². The third kappa shape index (κ3) is 3.36. The second-order valence-electron chi connectivity index (χ2n) is 4.22. The molecule has 0 bridgehead atoms. The van der Waals surface area contributed by atoms with Crippen molar-refractivity contribution in [3.05, 3.63) is 0 Å². The molecule has 0 spiro atoms. The van der Waals surface area contributed by atoms with Gasteiger partial charge in [-0.2, -0.15) is 0 Å². The summed E-state index contributed by atoms with van der Waals surface area (Å²) in [5.41, 5.74) is 5.74. The molecule has 0 aromatic carbocycles. The molecule has 0 radical (unpaired) electrons. The van der Waals surface area contributed by atoms with Crippen molar-refractivity contribution in [2.75, 3.05) is 31.1 Å². The van der Waals surface area contributed by atoms with Crippen molar-refractivity contribution in [1.29, 1.82) is 0 Å². The van der Waals surface area contributed by atoms with Crippen LogP contribution >= 0.6 is 11.8 Å². The Kier molecular flexibility index (Phi) is 4.43. The lowest BCUT2D eigenvalue weighted by Crippen LogP contribution is -2.24. The first-order valence-corrected chi connectivity index (χ1v) is 6.91. The van der Waals surface area contributed by atoms with Crippen molar-refractivity contribution in [2.45, 2.75) is 24.5 Å². The number of nitrogens with two attached hydrogens (primary N) is 1. The van der Waals surface area contributed by atoms with Gasteiger partial charge in [-0.1, -0.05) is 11.8 Å². The lowest BCUT2D eigenvalue weighted by Gasteiger charge is -2.15. The Bertz CT molecular complexity index is 416. The van der Waals surface area contributed by atoms with E-state index in [1.807, 2.05) is 0 Å². The van der Waals surface area contributed by atoms with Crippen LogP contribution in [0.15, 0.2) is 5.16 Å². The Balaban J connectivity index is 1.92. The van der Waals surface area contributed by atoms with Crippen LogP contribution in [0.1, 0.15) is 12.8 Å². The number of rotatable bonds is 6. The summed E-state index contributed by atoms with van der Waals surface area (Å²) in [5, 5.41) is 16.9. The van der Waals surface area contributed by atoms with E-state index in [2.05, 4.69) is 15.1 Å². The Hall–Kier alpha value is -1.28. The van der Waals surface area contributed by atoms with Crippen molar-refractivity contribution in [3.8, 4) is 0 Å². The van der Waals surface area contributed by atoms with Gasteiger partial charge in [-0.3, -0.25) is 9.36 Å². The highest BCUT2D eigenvalue weighted by molar-refractivity contribution is 7.99. The summed E-state index contributed by atoms with van der Waals surface area (Å²) in [6.07, 6.45) is 2.50. The van der Waals surface area contributed by atoms with Gasteiger partial charge in [-0.15, -0.1) is 10.2 Å². The number of anilines is 1. The Morgan fingerprint density at radius 1 is 1.33 bits per heavy atom. The van der Waals surface area contributed by atoms with Gasteiger partial charge in [0.25, 0.3) is 0 Å². The quantitative estimate of drug-likeness (QED) is 0.710. The number of aromatic nitrogens is 3. The van der Waals surface area contributed by atoms with Crippen LogP contribution in [0.2, 0.25) is 0 Å². The van der Waals surface area contributed by atoms with Crippen molar-refractivity contribution >= 4 is 23.7 Å². The zero-order chi connectivity index (χ0) is 13.0. The SMILES string of the molecule is Nc1nnc(SCC(=O)O)n1CCN1CCCC1. The van der Waals surface area contributed by atoms with Crippen molar-refractivity contribution in [1.82, 2.24) is 19.7 Å². The predicted octanol–water partition coefficient (Wildman–Crippen LogP) is 0.133. The maximum Gasteiger partial charge on any atom is 0.313 e. The van der Waals surface area contributed by atoms with Gasteiger partial charge in [0.1, 0.15) is 0 Å². The Morgan fingerprint density at radius 2 is 2.06 bits per heavy atom. The molecule has 8 heteroatoms. The van der Waals surface area contributed by atoms with E-state index < -0.39 is 5.97 Å². The number of hydrogen-bond donors (Lipinski definition) is 2. The second kappa shape index (κ2) is 6.05. The lowest BCUT2D eigenvalue weighted by atomic mass is 10.4. The highest BCUT2D eigenvalue weighted by atomic mass is 32.2. The third-order valence-electron chi connectivity index (χ3n) is 2.91. The largest absolute Gasteiger partial charge is 0.481 e. The van der Waals surface area contributed by atoms with E-state index in [1.54, 1.807) is 4.57 Å². The fourth-order valence-electron chi connectivity index (χ4n) is 1.99. The van der Waals surface area contributed by atoms with E-state index in [9.17, 15) is 4.79 Å². The zero-order valence-electron chi connectivity index (χ0n) is 10.1. The van der Waals surface area contributed by atoms with Crippen LogP contribution in [0.3, 0.4) is 0 Å². The lowest BCUT2D eigenvalue weighted by molar-refractivity contribution is -0.133. The molecule has 1 saturated heterocycles. The molecule has 1 aromatic heterocycles. The van der Waals surface area contributed by atoms with Gasteiger partial charge >= 0.3 is 5.97 Å². The monoisotopic (exact) mass is 271 g/mol. The first kappa shape index (κ1) is 13.2. The molecule has 1 aliphatic heterocycles. The summed E-state index contributed by atoms with van der Waals surface area (Å²) in [4.78, 5) is 12.9. The number of carboxylic acids is 1. The van der Waals surface area contributed by atoms with Crippen molar-refractivity contribution in [2.24, 2.45) is 0 Å². The van der Waals surface area contributed by atoms with E-state index in [4.69, 9.17) is 10.8 Å². The molecule has 7 nitrogen and oxygen atoms in total. The standard InChI is InChI=1S/C10H17N5O2S/c11-9-12-13-10(18-7-8(16)17)15(9)6-5-14-3-1-2-4-14/h1-7H2,(H2,11,12)(H,16,17). The molecule has 2 rings (SSSR count). The van der Waals surface area contributed by atoms with E-state index in [0.717, 1.165) is 31.4 Å². The summed E-state index contributed by atoms with van der Waals surface area (Å²) in [7, 11) is 0. The van der Waals surface area contributed by atoms with Crippen LogP contribution in [0, 0.1) is 0 Å². The number of nitrogens with zero attached hydrogens (tertiary/aromatic N) is 4. The fraction of sp³-hybridized carbons (Fsp3) is 0.700. The van der Waals surface area contributed by atoms with Gasteiger partial charge in [-0.25, -0.2) is 0 Å². The molecule has 1 aliphatic rings. The van der Waals surface area contributed by atoms with Gasteiger partial charge in [0, 0.05) is 13.1 Å². The molecule has 3 N–H and O–H groups in total. The molecule has 2 heterocycles. The summed E-state index contributed by atoms with van der Waals surface area (Å²) < 4.78 is 1.78. The van der Waals surface area contributed by atoms with Gasteiger partial charge < -0.3 is 15.7 Å². The number of carboxylic acid groups (broad SMARTS) is 1. The maximum absolute atomic E-state index is 10.5. The van der Waals surface area contributed by atoms with Crippen LogP contribution in [-0.2, 0) is 11.3 Å². The second-order valence-corrected chi connectivity index (χ2v) is 5.17. The molecule has 0 aliphatic carbocycles. The normalized spacial score (nSPS) is 16.2.